The zero-order valence-electron chi connectivity index (χ0n) is 15.2. The third kappa shape index (κ3) is 3.30. The van der Waals surface area contributed by atoms with Crippen molar-refractivity contribution in [2.75, 3.05) is 0 Å². The molecule has 134 valence electrons. The number of carbonyl (C=O) groups is 1. The molecule has 1 aromatic heterocycles. The first-order valence-electron chi connectivity index (χ1n) is 8.78. The van der Waals surface area contributed by atoms with Gasteiger partial charge in [0.05, 0.1) is 5.41 Å². The first-order valence-corrected chi connectivity index (χ1v) is 8.78. The Hall–Kier alpha value is -2.24. The molecule has 6 heteroatoms. The number of aryl methyl sites for hydroxylation is 1. The lowest BCUT2D eigenvalue weighted by Gasteiger charge is -2.31. The third-order valence-electron chi connectivity index (χ3n) is 4.94. The van der Waals surface area contributed by atoms with Gasteiger partial charge in [0, 0.05) is 30.5 Å². The van der Waals surface area contributed by atoms with Crippen molar-refractivity contribution in [3.8, 4) is 0 Å². The lowest BCUT2D eigenvalue weighted by Crippen LogP contribution is -2.48. The maximum atomic E-state index is 14.1. The van der Waals surface area contributed by atoms with Crippen LogP contribution in [0.15, 0.2) is 24.3 Å². The largest absolute Gasteiger partial charge is 0.351 e. The summed E-state index contributed by atoms with van der Waals surface area (Å²) >= 11 is 0. The number of halogens is 1. The Morgan fingerprint density at radius 1 is 1.32 bits per heavy atom. The fraction of sp³-hybridized carbons (Fsp3) is 0.526. The average Bonchev–Trinajstić information content (AvgIpc) is 2.98. The summed E-state index contributed by atoms with van der Waals surface area (Å²) < 4.78 is 16.2. The topological polar surface area (TPSA) is 59.8 Å². The maximum Gasteiger partial charge on any atom is 0.230 e. The molecule has 3 rings (SSSR count). The van der Waals surface area contributed by atoms with Gasteiger partial charge in [0.2, 0.25) is 5.91 Å². The van der Waals surface area contributed by atoms with Crippen molar-refractivity contribution in [1.29, 1.82) is 0 Å². The normalized spacial score (nSPS) is 17.4. The lowest BCUT2D eigenvalue weighted by atomic mass is 9.83. The maximum absolute atomic E-state index is 14.1. The molecule has 2 heterocycles. The van der Waals surface area contributed by atoms with Gasteiger partial charge in [-0.15, -0.1) is 10.2 Å². The molecule has 0 saturated carbocycles. The molecule has 1 aromatic carbocycles. The fourth-order valence-electron chi connectivity index (χ4n) is 3.35. The lowest BCUT2D eigenvalue weighted by molar-refractivity contribution is -0.126. The van der Waals surface area contributed by atoms with Crippen molar-refractivity contribution in [3.05, 3.63) is 47.3 Å². The zero-order chi connectivity index (χ0) is 18.2. The van der Waals surface area contributed by atoms with Crippen LogP contribution in [0.3, 0.4) is 0 Å². The standard InChI is InChI=1S/C19H25FN4O/c1-12(2)17-23-22-16-10-9-13(11-24(16)17)21-18(25)19(3,4)14-7-5-6-8-15(14)20/h5-8,12-13H,9-11H2,1-4H3,(H,21,25)/t13-/m1/s1. The van der Waals surface area contributed by atoms with Crippen LogP contribution in [0, 0.1) is 5.82 Å². The highest BCUT2D eigenvalue weighted by molar-refractivity contribution is 5.87. The minimum Gasteiger partial charge on any atom is -0.351 e. The number of nitrogens with zero attached hydrogens (tertiary/aromatic N) is 3. The molecule has 0 saturated heterocycles. The van der Waals surface area contributed by atoms with Crippen LogP contribution in [0.25, 0.3) is 0 Å². The molecule has 0 fully saturated rings. The molecule has 1 aliphatic rings. The molecule has 0 unspecified atom stereocenters. The van der Waals surface area contributed by atoms with Gasteiger partial charge in [0.1, 0.15) is 17.5 Å². The van der Waals surface area contributed by atoms with Gasteiger partial charge in [-0.05, 0) is 26.3 Å². The number of aromatic nitrogens is 3. The summed E-state index contributed by atoms with van der Waals surface area (Å²) in [5, 5.41) is 11.6. The number of amides is 1. The van der Waals surface area contributed by atoms with E-state index in [9.17, 15) is 9.18 Å². The Morgan fingerprint density at radius 2 is 2.04 bits per heavy atom. The van der Waals surface area contributed by atoms with E-state index >= 15 is 0 Å². The molecule has 2 aromatic rings. The summed E-state index contributed by atoms with van der Waals surface area (Å²) in [6.07, 6.45) is 1.60. The van der Waals surface area contributed by atoms with Crippen LogP contribution in [0.5, 0.6) is 0 Å². The minimum atomic E-state index is -0.931. The van der Waals surface area contributed by atoms with Crippen LogP contribution in [0.1, 0.15) is 57.2 Å². The number of carbonyl (C=O) groups excluding carboxylic acids is 1. The predicted octanol–water partition coefficient (Wildman–Crippen LogP) is 2.95. The highest BCUT2D eigenvalue weighted by atomic mass is 19.1. The number of benzene rings is 1. The third-order valence-corrected chi connectivity index (χ3v) is 4.94. The highest BCUT2D eigenvalue weighted by Crippen LogP contribution is 2.27. The van der Waals surface area contributed by atoms with E-state index in [1.807, 2.05) is 0 Å². The quantitative estimate of drug-likeness (QED) is 0.928. The van der Waals surface area contributed by atoms with E-state index in [-0.39, 0.29) is 23.7 Å². The number of fused-ring (bicyclic) bond motifs is 1. The van der Waals surface area contributed by atoms with E-state index in [0.717, 1.165) is 24.5 Å². The Morgan fingerprint density at radius 3 is 2.72 bits per heavy atom. The molecule has 0 bridgehead atoms. The van der Waals surface area contributed by atoms with E-state index < -0.39 is 5.41 Å². The van der Waals surface area contributed by atoms with E-state index in [0.29, 0.717) is 12.1 Å². The summed E-state index contributed by atoms with van der Waals surface area (Å²) in [5.74, 6) is 1.69. The van der Waals surface area contributed by atoms with Crippen LogP contribution < -0.4 is 5.32 Å². The molecular weight excluding hydrogens is 319 g/mol. The molecule has 0 spiro atoms. The van der Waals surface area contributed by atoms with Crippen molar-refractivity contribution in [2.24, 2.45) is 0 Å². The molecule has 5 nitrogen and oxygen atoms in total. The zero-order valence-corrected chi connectivity index (χ0v) is 15.2. The van der Waals surface area contributed by atoms with Crippen LogP contribution >= 0.6 is 0 Å². The monoisotopic (exact) mass is 344 g/mol. The second-order valence-electron chi connectivity index (χ2n) is 7.55. The van der Waals surface area contributed by atoms with Gasteiger partial charge in [-0.3, -0.25) is 4.79 Å². The number of nitrogens with one attached hydrogen (secondary N) is 1. The van der Waals surface area contributed by atoms with Gasteiger partial charge in [-0.25, -0.2) is 4.39 Å². The highest BCUT2D eigenvalue weighted by Gasteiger charge is 2.34. The molecule has 0 radical (unpaired) electrons. The van der Waals surface area contributed by atoms with Crippen molar-refractivity contribution in [3.63, 3.8) is 0 Å². The smallest absolute Gasteiger partial charge is 0.230 e. The Bertz CT molecular complexity index is 781. The Labute approximate surface area is 147 Å². The van der Waals surface area contributed by atoms with Crippen molar-refractivity contribution in [2.45, 2.75) is 64.5 Å². The second kappa shape index (κ2) is 6.58. The van der Waals surface area contributed by atoms with Crippen LogP contribution in [0.4, 0.5) is 4.39 Å². The van der Waals surface area contributed by atoms with Gasteiger partial charge >= 0.3 is 0 Å². The Balaban J connectivity index is 1.75. The van der Waals surface area contributed by atoms with Crippen LogP contribution in [-0.2, 0) is 23.2 Å². The summed E-state index contributed by atoms with van der Waals surface area (Å²) in [4.78, 5) is 12.8. The summed E-state index contributed by atoms with van der Waals surface area (Å²) in [6, 6.07) is 6.45. The summed E-state index contributed by atoms with van der Waals surface area (Å²) in [7, 11) is 0. The summed E-state index contributed by atoms with van der Waals surface area (Å²) in [6.45, 7) is 8.34. The van der Waals surface area contributed by atoms with Crippen molar-refractivity contribution in [1.82, 2.24) is 20.1 Å². The van der Waals surface area contributed by atoms with Crippen molar-refractivity contribution >= 4 is 5.91 Å². The Kier molecular flexibility index (Phi) is 4.62. The van der Waals surface area contributed by atoms with Gasteiger partial charge in [-0.1, -0.05) is 32.0 Å². The second-order valence-corrected chi connectivity index (χ2v) is 7.55. The van der Waals surface area contributed by atoms with E-state index in [1.54, 1.807) is 32.0 Å². The van der Waals surface area contributed by atoms with Gasteiger partial charge < -0.3 is 9.88 Å². The summed E-state index contributed by atoms with van der Waals surface area (Å²) in [5.41, 5.74) is -0.518. The fourth-order valence-corrected chi connectivity index (χ4v) is 3.35. The average molecular weight is 344 g/mol. The van der Waals surface area contributed by atoms with E-state index in [2.05, 4.69) is 33.9 Å². The number of hydrogen-bond acceptors (Lipinski definition) is 3. The van der Waals surface area contributed by atoms with Gasteiger partial charge in [-0.2, -0.15) is 0 Å². The number of rotatable bonds is 4. The number of hydrogen-bond donors (Lipinski definition) is 1. The SMILES string of the molecule is CC(C)c1nnc2n1C[C@H](NC(=O)C(C)(C)c1ccccc1F)CC2. The van der Waals surface area contributed by atoms with E-state index in [4.69, 9.17) is 0 Å². The molecule has 1 N–H and O–H groups in total. The molecule has 25 heavy (non-hydrogen) atoms. The molecule has 1 atom stereocenters. The molecule has 0 aliphatic carbocycles. The van der Waals surface area contributed by atoms with Gasteiger partial charge in [0.25, 0.3) is 0 Å². The first-order chi connectivity index (χ1) is 11.8. The van der Waals surface area contributed by atoms with Crippen LogP contribution in [-0.4, -0.2) is 26.7 Å². The minimum absolute atomic E-state index is 0.000418. The first kappa shape index (κ1) is 17.6. The van der Waals surface area contributed by atoms with E-state index in [1.165, 1.54) is 6.07 Å². The predicted molar refractivity (Wildman–Crippen MR) is 93.8 cm³/mol. The molecular formula is C19H25FN4O. The molecule has 1 amide bonds. The van der Waals surface area contributed by atoms with Gasteiger partial charge in [0.15, 0.2) is 0 Å². The van der Waals surface area contributed by atoms with Crippen molar-refractivity contribution < 1.29 is 9.18 Å². The molecule has 1 aliphatic heterocycles. The van der Waals surface area contributed by atoms with Crippen LogP contribution in [0.2, 0.25) is 0 Å².